The highest BCUT2D eigenvalue weighted by Crippen LogP contribution is 2.23. The molecule has 0 atom stereocenters. The maximum Gasteiger partial charge on any atom is 0.335 e. The zero-order valence-electron chi connectivity index (χ0n) is 10.0. The molecule has 0 spiro atoms. The van der Waals surface area contributed by atoms with Crippen molar-refractivity contribution in [3.05, 3.63) is 51.2 Å². The molecule has 0 aliphatic carbocycles. The summed E-state index contributed by atoms with van der Waals surface area (Å²) in [6.07, 6.45) is 0. The van der Waals surface area contributed by atoms with Crippen LogP contribution in [-0.2, 0) is 0 Å². The fraction of sp³-hybridized carbons (Fsp3) is 0.167. The van der Waals surface area contributed by atoms with Gasteiger partial charge in [-0.05, 0) is 12.1 Å². The second-order valence-corrected chi connectivity index (χ2v) is 4.02. The Kier molecular flexibility index (Phi) is 2.93. The first-order chi connectivity index (χ1) is 8.50. The number of hydrogen-bond acceptors (Lipinski definition) is 4. The zero-order chi connectivity index (χ0) is 13.3. The Morgan fingerprint density at radius 2 is 1.89 bits per heavy atom. The number of nitrogens with zero attached hydrogens (tertiary/aromatic N) is 2. The van der Waals surface area contributed by atoms with Gasteiger partial charge in [0.2, 0.25) is 5.88 Å². The van der Waals surface area contributed by atoms with Gasteiger partial charge in [0.15, 0.2) is 0 Å². The summed E-state index contributed by atoms with van der Waals surface area (Å²) in [4.78, 5) is 26.8. The lowest BCUT2D eigenvalue weighted by Crippen LogP contribution is -2.29. The summed E-state index contributed by atoms with van der Waals surface area (Å²) in [6.45, 7) is 0. The third kappa shape index (κ3) is 2.00. The molecule has 2 aromatic rings. The first-order valence-electron chi connectivity index (χ1n) is 5.33. The van der Waals surface area contributed by atoms with Gasteiger partial charge in [0.05, 0.1) is 17.4 Å². The smallest absolute Gasteiger partial charge is 0.335 e. The van der Waals surface area contributed by atoms with Crippen molar-refractivity contribution >= 4 is 5.69 Å². The molecule has 0 unspecified atom stereocenters. The summed E-state index contributed by atoms with van der Waals surface area (Å²) in [5, 5.41) is 9.76. The van der Waals surface area contributed by atoms with E-state index >= 15 is 0 Å². The maximum absolute atomic E-state index is 11.8. The van der Waals surface area contributed by atoms with E-state index in [9.17, 15) is 14.7 Å². The summed E-state index contributed by atoms with van der Waals surface area (Å²) >= 11 is 0. The van der Waals surface area contributed by atoms with Crippen molar-refractivity contribution in [3.63, 3.8) is 0 Å². The van der Waals surface area contributed by atoms with Crippen LogP contribution in [0, 0.1) is 0 Å². The zero-order valence-corrected chi connectivity index (χ0v) is 10.0. The van der Waals surface area contributed by atoms with Crippen LogP contribution in [0.15, 0.2) is 39.9 Å². The van der Waals surface area contributed by atoms with Crippen LogP contribution in [0.3, 0.4) is 0 Å². The number of aromatic amines is 1. The highest BCUT2D eigenvalue weighted by molar-refractivity contribution is 5.62. The minimum atomic E-state index is -0.672. The number of rotatable bonds is 2. The summed E-state index contributed by atoms with van der Waals surface area (Å²) in [7, 11) is 3.65. The quantitative estimate of drug-likeness (QED) is 0.800. The number of hydrogen-bond donors (Lipinski definition) is 2. The average molecular weight is 247 g/mol. The van der Waals surface area contributed by atoms with Crippen molar-refractivity contribution in [1.29, 1.82) is 0 Å². The Morgan fingerprint density at radius 3 is 2.50 bits per heavy atom. The fourth-order valence-electron chi connectivity index (χ4n) is 1.75. The topological polar surface area (TPSA) is 78.3 Å². The summed E-state index contributed by atoms with van der Waals surface area (Å²) < 4.78 is 1.05. The molecule has 0 aliphatic rings. The molecule has 6 nitrogen and oxygen atoms in total. The number of aromatic nitrogens is 2. The standard InChI is InChI=1S/C12H13N3O3/c1-14(2)8-5-3-4-6-9(8)15-11(17)7-10(16)13-12(15)18/h3-7,17H,1-2H3,(H,13,16,18). The van der Waals surface area contributed by atoms with Gasteiger partial charge in [0.1, 0.15) is 0 Å². The highest BCUT2D eigenvalue weighted by atomic mass is 16.3. The van der Waals surface area contributed by atoms with E-state index in [4.69, 9.17) is 0 Å². The average Bonchev–Trinajstić information content (AvgIpc) is 2.28. The first kappa shape index (κ1) is 12.0. The monoisotopic (exact) mass is 247 g/mol. The van der Waals surface area contributed by atoms with Crippen molar-refractivity contribution < 1.29 is 5.11 Å². The number of para-hydroxylation sites is 2. The Balaban J connectivity index is 2.78. The van der Waals surface area contributed by atoms with Crippen LogP contribution >= 0.6 is 0 Å². The molecule has 0 bridgehead atoms. The van der Waals surface area contributed by atoms with E-state index in [1.54, 1.807) is 12.1 Å². The molecule has 0 radical (unpaired) electrons. The van der Waals surface area contributed by atoms with Gasteiger partial charge in [-0.25, -0.2) is 9.36 Å². The molecule has 18 heavy (non-hydrogen) atoms. The Bertz CT molecular complexity index is 685. The van der Waals surface area contributed by atoms with Gasteiger partial charge in [0.25, 0.3) is 5.56 Å². The largest absolute Gasteiger partial charge is 0.494 e. The van der Waals surface area contributed by atoms with Crippen molar-refractivity contribution in [2.24, 2.45) is 0 Å². The van der Waals surface area contributed by atoms with Gasteiger partial charge in [-0.15, -0.1) is 0 Å². The van der Waals surface area contributed by atoms with Crippen LogP contribution in [0.2, 0.25) is 0 Å². The van der Waals surface area contributed by atoms with Gasteiger partial charge < -0.3 is 10.0 Å². The second kappa shape index (κ2) is 4.40. The molecule has 1 aromatic carbocycles. The summed E-state index contributed by atoms with van der Waals surface area (Å²) in [5.74, 6) is -0.391. The number of nitrogens with one attached hydrogen (secondary N) is 1. The number of H-pyrrole nitrogens is 1. The Morgan fingerprint density at radius 1 is 1.22 bits per heavy atom. The minimum absolute atomic E-state index is 0.391. The van der Waals surface area contributed by atoms with Gasteiger partial charge in [-0.1, -0.05) is 12.1 Å². The molecule has 0 saturated carbocycles. The third-order valence-corrected chi connectivity index (χ3v) is 2.53. The second-order valence-electron chi connectivity index (χ2n) is 4.02. The summed E-state index contributed by atoms with van der Waals surface area (Å²) in [5.41, 5.74) is -0.0476. The molecule has 0 fully saturated rings. The minimum Gasteiger partial charge on any atom is -0.494 e. The van der Waals surface area contributed by atoms with Gasteiger partial charge >= 0.3 is 5.69 Å². The van der Waals surface area contributed by atoms with Gasteiger partial charge in [0, 0.05) is 14.1 Å². The first-order valence-corrected chi connectivity index (χ1v) is 5.33. The molecule has 2 rings (SSSR count). The highest BCUT2D eigenvalue weighted by Gasteiger charge is 2.11. The molecule has 1 heterocycles. The molecule has 2 N–H and O–H groups in total. The van der Waals surface area contributed by atoms with E-state index in [1.165, 1.54) is 0 Å². The van der Waals surface area contributed by atoms with Crippen molar-refractivity contribution in [1.82, 2.24) is 9.55 Å². The van der Waals surface area contributed by atoms with E-state index < -0.39 is 17.1 Å². The van der Waals surface area contributed by atoms with E-state index in [1.807, 2.05) is 31.1 Å². The van der Waals surface area contributed by atoms with Crippen molar-refractivity contribution in [2.45, 2.75) is 0 Å². The molecule has 94 valence electrons. The third-order valence-electron chi connectivity index (χ3n) is 2.53. The van der Waals surface area contributed by atoms with E-state index in [0.29, 0.717) is 5.69 Å². The SMILES string of the molecule is CN(C)c1ccccc1-n1c(O)cc(=O)[nH]c1=O. The Hall–Kier alpha value is -2.50. The summed E-state index contributed by atoms with van der Waals surface area (Å²) in [6, 6.07) is 8.04. The normalized spacial score (nSPS) is 10.3. The Labute approximate surface area is 103 Å². The molecule has 6 heteroatoms. The van der Waals surface area contributed by atoms with Crippen LogP contribution in [-0.4, -0.2) is 28.8 Å². The lowest BCUT2D eigenvalue weighted by molar-refractivity contribution is 0.431. The molecule has 0 amide bonds. The molecule has 1 aromatic heterocycles. The number of aromatic hydroxyl groups is 1. The molecule has 0 saturated heterocycles. The van der Waals surface area contributed by atoms with E-state index in [-0.39, 0.29) is 0 Å². The molecule has 0 aliphatic heterocycles. The van der Waals surface area contributed by atoms with Crippen LogP contribution < -0.4 is 16.1 Å². The van der Waals surface area contributed by atoms with Gasteiger partial charge in [-0.2, -0.15) is 0 Å². The lowest BCUT2D eigenvalue weighted by Gasteiger charge is -2.18. The van der Waals surface area contributed by atoms with Crippen LogP contribution in [0.25, 0.3) is 5.69 Å². The predicted octanol–water partition coefficient (Wildman–Crippen LogP) is 0.297. The lowest BCUT2D eigenvalue weighted by atomic mass is 10.2. The van der Waals surface area contributed by atoms with E-state index in [0.717, 1.165) is 16.3 Å². The van der Waals surface area contributed by atoms with Crippen LogP contribution in [0.5, 0.6) is 5.88 Å². The van der Waals surface area contributed by atoms with Crippen molar-refractivity contribution in [3.8, 4) is 11.6 Å². The fourth-order valence-corrected chi connectivity index (χ4v) is 1.75. The predicted molar refractivity (Wildman–Crippen MR) is 68.7 cm³/mol. The van der Waals surface area contributed by atoms with Crippen LogP contribution in [0.1, 0.15) is 0 Å². The molecular weight excluding hydrogens is 234 g/mol. The number of benzene rings is 1. The van der Waals surface area contributed by atoms with Gasteiger partial charge in [-0.3, -0.25) is 9.78 Å². The van der Waals surface area contributed by atoms with Crippen LogP contribution in [0.4, 0.5) is 5.69 Å². The number of anilines is 1. The van der Waals surface area contributed by atoms with Crippen molar-refractivity contribution in [2.75, 3.05) is 19.0 Å². The molecular formula is C12H13N3O3. The maximum atomic E-state index is 11.8. The van der Waals surface area contributed by atoms with E-state index in [2.05, 4.69) is 4.98 Å².